The van der Waals surface area contributed by atoms with Gasteiger partial charge in [-0.3, -0.25) is 4.79 Å². The molecule has 0 spiro atoms. The molecule has 2 rings (SSSR count). The van der Waals surface area contributed by atoms with E-state index in [0.717, 1.165) is 38.1 Å². The number of halogens is 2. The van der Waals surface area contributed by atoms with E-state index in [2.05, 4.69) is 15.4 Å². The number of hydrogen-bond donors (Lipinski definition) is 3. The molecule has 0 bridgehead atoms. The van der Waals surface area contributed by atoms with E-state index in [1.165, 1.54) is 13.0 Å². The van der Waals surface area contributed by atoms with Crippen LogP contribution in [0.5, 0.6) is 0 Å². The second kappa shape index (κ2) is 8.58. The van der Waals surface area contributed by atoms with Crippen LogP contribution >= 0.6 is 12.4 Å². The van der Waals surface area contributed by atoms with E-state index in [4.69, 9.17) is 0 Å². The van der Waals surface area contributed by atoms with Gasteiger partial charge in [0.25, 0.3) is 0 Å². The molecule has 23 heavy (non-hydrogen) atoms. The summed E-state index contributed by atoms with van der Waals surface area (Å²) in [4.78, 5) is 10.9. The smallest absolute Gasteiger partial charge is 0.240 e. The summed E-state index contributed by atoms with van der Waals surface area (Å²) in [6.45, 7) is 3.44. The minimum atomic E-state index is -3.72. The molecule has 6 nitrogen and oxygen atoms in total. The highest BCUT2D eigenvalue weighted by Gasteiger charge is 2.19. The number of benzene rings is 1. The number of hydrogen-bond acceptors (Lipinski definition) is 4. The molecule has 0 aromatic heterocycles. The standard InChI is InChI=1S/C14H20FN3O3S.ClH/c1-10(19)18-14-8-12(2-3-13(14)15)22(20,21)17-7-5-11-4-6-16-9-11;/h2-3,8,11,16-17H,4-7,9H2,1H3,(H,18,19);1H. The third kappa shape index (κ3) is 5.72. The van der Waals surface area contributed by atoms with Crippen molar-refractivity contribution in [1.82, 2.24) is 10.0 Å². The van der Waals surface area contributed by atoms with Crippen molar-refractivity contribution in [3.8, 4) is 0 Å². The molecule has 1 heterocycles. The van der Waals surface area contributed by atoms with Crippen LogP contribution in [0.2, 0.25) is 0 Å². The Hall–Kier alpha value is -1.22. The molecule has 1 aromatic carbocycles. The van der Waals surface area contributed by atoms with Gasteiger partial charge in [0.1, 0.15) is 5.82 Å². The number of carbonyl (C=O) groups is 1. The maximum atomic E-state index is 13.5. The van der Waals surface area contributed by atoms with E-state index in [9.17, 15) is 17.6 Å². The molecule has 1 atom stereocenters. The third-order valence-corrected chi connectivity index (χ3v) is 5.02. The lowest BCUT2D eigenvalue weighted by atomic mass is 10.1. The molecule has 3 N–H and O–H groups in total. The fraction of sp³-hybridized carbons (Fsp3) is 0.500. The summed E-state index contributed by atoms with van der Waals surface area (Å²) < 4.78 is 40.4. The zero-order chi connectivity index (χ0) is 16.2. The number of anilines is 1. The number of nitrogens with one attached hydrogen (secondary N) is 3. The van der Waals surface area contributed by atoms with E-state index in [0.29, 0.717) is 12.5 Å². The number of rotatable bonds is 6. The van der Waals surface area contributed by atoms with Crippen LogP contribution < -0.4 is 15.4 Å². The van der Waals surface area contributed by atoms with Gasteiger partial charge in [0.2, 0.25) is 15.9 Å². The molecule has 1 aliphatic rings. The van der Waals surface area contributed by atoms with Crippen molar-refractivity contribution in [1.29, 1.82) is 0 Å². The lowest BCUT2D eigenvalue weighted by Gasteiger charge is -2.11. The van der Waals surface area contributed by atoms with E-state index in [-0.39, 0.29) is 23.0 Å². The Kier molecular flexibility index (Phi) is 7.40. The Morgan fingerprint density at radius 3 is 2.78 bits per heavy atom. The molecule has 0 radical (unpaired) electrons. The van der Waals surface area contributed by atoms with Crippen LogP contribution in [-0.2, 0) is 14.8 Å². The van der Waals surface area contributed by atoms with Crippen molar-refractivity contribution < 1.29 is 17.6 Å². The van der Waals surface area contributed by atoms with Crippen molar-refractivity contribution >= 4 is 34.0 Å². The summed E-state index contributed by atoms with van der Waals surface area (Å²) in [5.41, 5.74) is -0.143. The van der Waals surface area contributed by atoms with E-state index < -0.39 is 21.7 Å². The van der Waals surface area contributed by atoms with Crippen molar-refractivity contribution in [2.45, 2.75) is 24.7 Å². The summed E-state index contributed by atoms with van der Waals surface area (Å²) in [6, 6.07) is 3.33. The van der Waals surface area contributed by atoms with Gasteiger partial charge in [-0.25, -0.2) is 17.5 Å². The first-order valence-electron chi connectivity index (χ1n) is 7.16. The minimum Gasteiger partial charge on any atom is -0.324 e. The lowest BCUT2D eigenvalue weighted by molar-refractivity contribution is -0.114. The Labute approximate surface area is 141 Å². The van der Waals surface area contributed by atoms with Gasteiger partial charge in [-0.15, -0.1) is 12.4 Å². The van der Waals surface area contributed by atoms with Gasteiger partial charge in [-0.1, -0.05) is 0 Å². The second-order valence-electron chi connectivity index (χ2n) is 5.37. The lowest BCUT2D eigenvalue weighted by Crippen LogP contribution is -2.27. The van der Waals surface area contributed by atoms with Crippen molar-refractivity contribution in [2.24, 2.45) is 5.92 Å². The monoisotopic (exact) mass is 365 g/mol. The molecular weight excluding hydrogens is 345 g/mol. The summed E-state index contributed by atoms with van der Waals surface area (Å²) in [5, 5.41) is 5.50. The molecule has 130 valence electrons. The molecular formula is C14H21ClFN3O3S. The summed E-state index contributed by atoms with van der Waals surface area (Å²) in [7, 11) is -3.72. The van der Waals surface area contributed by atoms with Crippen molar-refractivity contribution in [3.63, 3.8) is 0 Å². The van der Waals surface area contributed by atoms with E-state index in [1.807, 2.05) is 0 Å². The highest BCUT2D eigenvalue weighted by molar-refractivity contribution is 7.89. The Morgan fingerprint density at radius 1 is 1.43 bits per heavy atom. The average Bonchev–Trinajstić information content (AvgIpc) is 2.93. The van der Waals surface area contributed by atoms with Crippen LogP contribution in [0, 0.1) is 11.7 Å². The molecule has 1 amide bonds. The van der Waals surface area contributed by atoms with E-state index >= 15 is 0 Å². The van der Waals surface area contributed by atoms with Crippen LogP contribution in [-0.4, -0.2) is 34.0 Å². The Morgan fingerprint density at radius 2 is 2.17 bits per heavy atom. The van der Waals surface area contributed by atoms with Gasteiger partial charge < -0.3 is 10.6 Å². The van der Waals surface area contributed by atoms with Crippen molar-refractivity contribution in [2.75, 3.05) is 25.0 Å². The van der Waals surface area contributed by atoms with Crippen LogP contribution in [0.15, 0.2) is 23.1 Å². The third-order valence-electron chi connectivity index (χ3n) is 3.57. The number of sulfonamides is 1. The van der Waals surface area contributed by atoms with Gasteiger partial charge in [-0.2, -0.15) is 0 Å². The van der Waals surface area contributed by atoms with Crippen LogP contribution in [0.3, 0.4) is 0 Å². The number of amides is 1. The molecule has 1 unspecified atom stereocenters. The van der Waals surface area contributed by atoms with Gasteiger partial charge in [-0.05, 0) is 50.0 Å². The quantitative estimate of drug-likeness (QED) is 0.712. The van der Waals surface area contributed by atoms with Gasteiger partial charge >= 0.3 is 0 Å². The molecule has 0 aliphatic carbocycles. The van der Waals surface area contributed by atoms with Gasteiger partial charge in [0.15, 0.2) is 0 Å². The van der Waals surface area contributed by atoms with Crippen molar-refractivity contribution in [3.05, 3.63) is 24.0 Å². The first kappa shape index (κ1) is 19.8. The predicted molar refractivity (Wildman–Crippen MR) is 88.7 cm³/mol. The summed E-state index contributed by atoms with van der Waals surface area (Å²) in [5.74, 6) is -0.660. The maximum absolute atomic E-state index is 13.5. The maximum Gasteiger partial charge on any atom is 0.240 e. The molecule has 1 saturated heterocycles. The first-order valence-corrected chi connectivity index (χ1v) is 8.64. The zero-order valence-electron chi connectivity index (χ0n) is 12.8. The molecule has 0 saturated carbocycles. The molecule has 9 heteroatoms. The van der Waals surface area contributed by atoms with Gasteiger partial charge in [0.05, 0.1) is 10.6 Å². The second-order valence-corrected chi connectivity index (χ2v) is 7.14. The average molecular weight is 366 g/mol. The summed E-state index contributed by atoms with van der Waals surface area (Å²) in [6.07, 6.45) is 1.80. The van der Waals surface area contributed by atoms with Crippen LogP contribution in [0.4, 0.5) is 10.1 Å². The largest absolute Gasteiger partial charge is 0.324 e. The van der Waals surface area contributed by atoms with Gasteiger partial charge in [0, 0.05) is 13.5 Å². The van der Waals surface area contributed by atoms with E-state index in [1.54, 1.807) is 0 Å². The SMILES string of the molecule is CC(=O)Nc1cc(S(=O)(=O)NCCC2CCNC2)ccc1F.Cl. The number of carbonyl (C=O) groups excluding carboxylic acids is 1. The highest BCUT2D eigenvalue weighted by atomic mass is 35.5. The summed E-state index contributed by atoms with van der Waals surface area (Å²) >= 11 is 0. The fourth-order valence-corrected chi connectivity index (χ4v) is 3.47. The first-order chi connectivity index (χ1) is 10.4. The predicted octanol–water partition coefficient (Wildman–Crippen LogP) is 1.48. The fourth-order valence-electron chi connectivity index (χ4n) is 2.40. The molecule has 1 aliphatic heterocycles. The molecule has 1 fully saturated rings. The Balaban J connectivity index is 0.00000264. The minimum absolute atomic E-state index is 0. The highest BCUT2D eigenvalue weighted by Crippen LogP contribution is 2.20. The van der Waals surface area contributed by atoms with Crippen LogP contribution in [0.1, 0.15) is 19.8 Å². The normalized spacial score (nSPS) is 17.6. The zero-order valence-corrected chi connectivity index (χ0v) is 14.4. The van der Waals surface area contributed by atoms with Crippen LogP contribution in [0.25, 0.3) is 0 Å². The molecule has 1 aromatic rings. The topological polar surface area (TPSA) is 87.3 Å². The Bertz CT molecular complexity index is 649.